The van der Waals surface area contributed by atoms with Crippen molar-refractivity contribution in [3.05, 3.63) is 0 Å². The molecule has 0 aromatic carbocycles. The SMILES string of the molecule is CNC1CC2CCCC(C1)N2CCSC(F)(F)F. The molecule has 0 spiro atoms. The first kappa shape index (κ1) is 14.5. The molecule has 0 aromatic rings. The molecule has 106 valence electrons. The third-order valence-corrected chi connectivity index (χ3v) is 4.86. The Balaban J connectivity index is 1.85. The highest BCUT2D eigenvalue weighted by atomic mass is 32.2. The number of rotatable bonds is 4. The minimum atomic E-state index is -4.08. The van der Waals surface area contributed by atoms with Crippen LogP contribution in [-0.2, 0) is 0 Å². The van der Waals surface area contributed by atoms with Gasteiger partial charge in [0, 0.05) is 30.4 Å². The molecule has 0 amide bonds. The molecule has 6 heteroatoms. The second-order valence-electron chi connectivity index (χ2n) is 5.23. The van der Waals surface area contributed by atoms with Crippen LogP contribution < -0.4 is 5.32 Å². The summed E-state index contributed by atoms with van der Waals surface area (Å²) < 4.78 is 36.5. The van der Waals surface area contributed by atoms with E-state index in [-0.39, 0.29) is 17.5 Å². The highest BCUT2D eigenvalue weighted by Crippen LogP contribution is 2.35. The molecule has 18 heavy (non-hydrogen) atoms. The van der Waals surface area contributed by atoms with E-state index in [4.69, 9.17) is 0 Å². The molecule has 2 saturated heterocycles. The summed E-state index contributed by atoms with van der Waals surface area (Å²) in [5.74, 6) is 0.167. The summed E-state index contributed by atoms with van der Waals surface area (Å²) in [6.07, 6.45) is 5.69. The Hall–Kier alpha value is 0.0600. The molecule has 2 unspecified atom stereocenters. The number of alkyl halides is 3. The van der Waals surface area contributed by atoms with Crippen LogP contribution in [-0.4, -0.2) is 47.9 Å². The average molecular weight is 282 g/mol. The predicted octanol–water partition coefficient (Wildman–Crippen LogP) is 2.84. The van der Waals surface area contributed by atoms with E-state index in [0.717, 1.165) is 25.7 Å². The number of thioether (sulfide) groups is 1. The van der Waals surface area contributed by atoms with Gasteiger partial charge in [-0.3, -0.25) is 4.90 Å². The van der Waals surface area contributed by atoms with Gasteiger partial charge >= 0.3 is 5.51 Å². The summed E-state index contributed by atoms with van der Waals surface area (Å²) in [5, 5.41) is 3.32. The maximum absolute atomic E-state index is 12.2. The van der Waals surface area contributed by atoms with E-state index in [9.17, 15) is 13.2 Å². The first-order valence-electron chi connectivity index (χ1n) is 6.63. The van der Waals surface area contributed by atoms with Crippen molar-refractivity contribution in [1.82, 2.24) is 10.2 Å². The zero-order valence-electron chi connectivity index (χ0n) is 10.7. The molecule has 2 aliphatic rings. The fraction of sp³-hybridized carbons (Fsp3) is 1.00. The maximum Gasteiger partial charge on any atom is 0.441 e. The predicted molar refractivity (Wildman–Crippen MR) is 68.7 cm³/mol. The summed E-state index contributed by atoms with van der Waals surface area (Å²) in [7, 11) is 1.98. The lowest BCUT2D eigenvalue weighted by atomic mass is 9.82. The molecule has 0 aromatic heterocycles. The van der Waals surface area contributed by atoms with Crippen LogP contribution in [0.25, 0.3) is 0 Å². The Labute approximate surface area is 111 Å². The maximum atomic E-state index is 12.2. The van der Waals surface area contributed by atoms with Crippen molar-refractivity contribution in [2.75, 3.05) is 19.3 Å². The molecular formula is C12H21F3N2S. The van der Waals surface area contributed by atoms with E-state index >= 15 is 0 Å². The van der Waals surface area contributed by atoms with Crippen LogP contribution in [0.2, 0.25) is 0 Å². The first-order chi connectivity index (χ1) is 8.49. The van der Waals surface area contributed by atoms with Gasteiger partial charge in [0.25, 0.3) is 0 Å². The van der Waals surface area contributed by atoms with Crippen LogP contribution >= 0.6 is 11.8 Å². The van der Waals surface area contributed by atoms with E-state index in [1.165, 1.54) is 6.42 Å². The molecule has 0 aliphatic carbocycles. The Morgan fingerprint density at radius 1 is 1.22 bits per heavy atom. The summed E-state index contributed by atoms with van der Waals surface area (Å²) >= 11 is 0.115. The van der Waals surface area contributed by atoms with Crippen molar-refractivity contribution in [3.63, 3.8) is 0 Å². The third-order valence-electron chi connectivity index (χ3n) is 4.15. The number of halogens is 3. The van der Waals surface area contributed by atoms with Crippen LogP contribution in [0.1, 0.15) is 32.1 Å². The normalized spacial score (nSPS) is 33.7. The molecule has 0 radical (unpaired) electrons. The van der Waals surface area contributed by atoms with Crippen LogP contribution in [0.3, 0.4) is 0 Å². The van der Waals surface area contributed by atoms with Gasteiger partial charge in [-0.2, -0.15) is 13.2 Å². The van der Waals surface area contributed by atoms with E-state index < -0.39 is 5.51 Å². The third kappa shape index (κ3) is 3.78. The van der Waals surface area contributed by atoms with Gasteiger partial charge in [-0.15, -0.1) is 0 Å². The number of piperidine rings is 2. The second kappa shape index (κ2) is 6.01. The minimum Gasteiger partial charge on any atom is -0.317 e. The highest BCUT2D eigenvalue weighted by Gasteiger charge is 2.38. The molecule has 2 nitrogen and oxygen atoms in total. The highest BCUT2D eigenvalue weighted by molar-refractivity contribution is 8.00. The van der Waals surface area contributed by atoms with Gasteiger partial charge in [-0.05, 0) is 44.5 Å². The van der Waals surface area contributed by atoms with Crippen molar-refractivity contribution in [3.8, 4) is 0 Å². The van der Waals surface area contributed by atoms with Gasteiger partial charge in [-0.1, -0.05) is 6.42 Å². The van der Waals surface area contributed by atoms with Gasteiger partial charge in [0.05, 0.1) is 0 Å². The Kier molecular flexibility index (Phi) is 4.83. The fourth-order valence-corrected chi connectivity index (χ4v) is 3.88. The zero-order valence-corrected chi connectivity index (χ0v) is 11.5. The molecule has 1 N–H and O–H groups in total. The molecule has 2 heterocycles. The molecule has 2 fully saturated rings. The summed E-state index contributed by atoms with van der Waals surface area (Å²) in [5.41, 5.74) is -4.08. The zero-order chi connectivity index (χ0) is 13.2. The summed E-state index contributed by atoms with van der Waals surface area (Å²) in [6, 6.07) is 1.53. The van der Waals surface area contributed by atoms with Gasteiger partial charge in [0.1, 0.15) is 0 Å². The number of hydrogen-bond donors (Lipinski definition) is 1. The monoisotopic (exact) mass is 282 g/mol. The Morgan fingerprint density at radius 2 is 1.83 bits per heavy atom. The van der Waals surface area contributed by atoms with Crippen LogP contribution in [0.4, 0.5) is 13.2 Å². The Bertz CT molecular complexity index is 259. The van der Waals surface area contributed by atoms with E-state index in [1.807, 2.05) is 7.05 Å². The van der Waals surface area contributed by atoms with E-state index in [1.54, 1.807) is 0 Å². The molecular weight excluding hydrogens is 261 g/mol. The topological polar surface area (TPSA) is 15.3 Å². The number of nitrogens with one attached hydrogen (secondary N) is 1. The lowest BCUT2D eigenvalue weighted by Crippen LogP contribution is -2.56. The largest absolute Gasteiger partial charge is 0.441 e. The Morgan fingerprint density at radius 3 is 2.33 bits per heavy atom. The van der Waals surface area contributed by atoms with Crippen molar-refractivity contribution >= 4 is 11.8 Å². The first-order valence-corrected chi connectivity index (χ1v) is 7.62. The second-order valence-corrected chi connectivity index (χ2v) is 6.39. The van der Waals surface area contributed by atoms with Crippen LogP contribution in [0.5, 0.6) is 0 Å². The lowest BCUT2D eigenvalue weighted by Gasteiger charge is -2.49. The lowest BCUT2D eigenvalue weighted by molar-refractivity contribution is -0.0333. The average Bonchev–Trinajstić information content (AvgIpc) is 2.26. The number of fused-ring (bicyclic) bond motifs is 2. The van der Waals surface area contributed by atoms with Crippen molar-refractivity contribution < 1.29 is 13.2 Å². The van der Waals surface area contributed by atoms with Gasteiger partial charge in [-0.25, -0.2) is 0 Å². The molecule has 2 bridgehead atoms. The van der Waals surface area contributed by atoms with Gasteiger partial charge < -0.3 is 5.32 Å². The molecule has 2 atom stereocenters. The van der Waals surface area contributed by atoms with Crippen molar-refractivity contribution in [2.45, 2.75) is 55.7 Å². The smallest absolute Gasteiger partial charge is 0.317 e. The van der Waals surface area contributed by atoms with Crippen molar-refractivity contribution in [2.24, 2.45) is 0 Å². The van der Waals surface area contributed by atoms with Gasteiger partial charge in [0.2, 0.25) is 0 Å². The number of nitrogens with zero attached hydrogens (tertiary/aromatic N) is 1. The van der Waals surface area contributed by atoms with Crippen LogP contribution in [0, 0.1) is 0 Å². The number of hydrogen-bond acceptors (Lipinski definition) is 3. The standard InChI is InChI=1S/C12H21F3N2S/c1-16-9-7-10-3-2-4-11(8-9)17(10)5-6-18-12(13,14)15/h9-11,16H,2-8H2,1H3. The summed E-state index contributed by atoms with van der Waals surface area (Å²) in [6.45, 7) is 0.579. The molecule has 2 rings (SSSR count). The molecule has 2 aliphatic heterocycles. The summed E-state index contributed by atoms with van der Waals surface area (Å²) in [4.78, 5) is 2.33. The minimum absolute atomic E-state index is 0.115. The fourth-order valence-electron chi connectivity index (χ4n) is 3.35. The van der Waals surface area contributed by atoms with E-state index in [2.05, 4.69) is 10.2 Å². The van der Waals surface area contributed by atoms with Gasteiger partial charge in [0.15, 0.2) is 0 Å². The quantitative estimate of drug-likeness (QED) is 0.853. The van der Waals surface area contributed by atoms with E-state index in [0.29, 0.717) is 24.7 Å². The van der Waals surface area contributed by atoms with Crippen LogP contribution in [0.15, 0.2) is 0 Å². The molecule has 0 saturated carbocycles. The van der Waals surface area contributed by atoms with Crippen molar-refractivity contribution in [1.29, 1.82) is 0 Å².